The largest absolute Gasteiger partial charge is 0.298 e. The van der Waals surface area contributed by atoms with Gasteiger partial charge in [-0.05, 0) is 43.7 Å². The van der Waals surface area contributed by atoms with Gasteiger partial charge in [-0.15, -0.1) is 5.10 Å². The Morgan fingerprint density at radius 2 is 1.63 bits per heavy atom. The minimum Gasteiger partial charge on any atom is -0.298 e. The highest BCUT2D eigenvalue weighted by atomic mass is 19.1. The normalized spacial score (nSPS) is 11.5. The predicted molar refractivity (Wildman–Crippen MR) is 102 cm³/mol. The van der Waals surface area contributed by atoms with Gasteiger partial charge >= 0.3 is 0 Å². The molecule has 2 aromatic carbocycles. The molecule has 0 spiro atoms. The van der Waals surface area contributed by atoms with Gasteiger partial charge in [-0.1, -0.05) is 30.3 Å². The van der Waals surface area contributed by atoms with Crippen LogP contribution in [0.5, 0.6) is 0 Å². The minimum atomic E-state index is -0.259. The van der Waals surface area contributed by atoms with Crippen molar-refractivity contribution in [3.8, 4) is 17.1 Å². The van der Waals surface area contributed by atoms with Gasteiger partial charge in [-0.2, -0.15) is 0 Å². The topological polar surface area (TPSA) is 48.0 Å². The number of fused-ring (bicyclic) bond motifs is 3. The van der Waals surface area contributed by atoms with Gasteiger partial charge < -0.3 is 0 Å². The van der Waals surface area contributed by atoms with Crippen LogP contribution in [0.4, 0.5) is 4.39 Å². The number of hydrogen-bond acceptors (Lipinski definition) is 3. The summed E-state index contributed by atoms with van der Waals surface area (Å²) in [7, 11) is 0. The Labute approximate surface area is 154 Å². The summed E-state index contributed by atoms with van der Waals surface area (Å²) in [6.45, 7) is 4.08. The number of aryl methyl sites for hydroxylation is 1. The van der Waals surface area contributed by atoms with E-state index in [-0.39, 0.29) is 5.82 Å². The summed E-state index contributed by atoms with van der Waals surface area (Å²) in [5, 5.41) is 5.53. The molecule has 0 aliphatic heterocycles. The molecule has 6 heteroatoms. The molecule has 0 aliphatic rings. The molecular weight excluding hydrogens is 341 g/mol. The summed E-state index contributed by atoms with van der Waals surface area (Å²) in [5.74, 6) is 0.404. The van der Waals surface area contributed by atoms with Crippen LogP contribution in [0.15, 0.2) is 60.9 Å². The van der Waals surface area contributed by atoms with Crippen LogP contribution >= 0.6 is 0 Å². The van der Waals surface area contributed by atoms with Crippen LogP contribution in [0.3, 0.4) is 0 Å². The molecule has 5 aromatic rings. The third kappa shape index (κ3) is 2.33. The van der Waals surface area contributed by atoms with Gasteiger partial charge in [-0.3, -0.25) is 4.57 Å². The lowest BCUT2D eigenvalue weighted by Crippen LogP contribution is -1.99. The van der Waals surface area contributed by atoms with E-state index in [1.54, 1.807) is 23.0 Å². The Morgan fingerprint density at radius 1 is 0.889 bits per heavy atom. The molecule has 132 valence electrons. The zero-order chi connectivity index (χ0) is 18.5. The van der Waals surface area contributed by atoms with E-state index in [0.29, 0.717) is 5.82 Å². The maximum Gasteiger partial charge on any atom is 0.182 e. The quantitative estimate of drug-likeness (QED) is 0.468. The SMILES string of the molecule is Cc1c(C)n(-c2ccc(F)cc2)c2ncn3nc(-c4ccccc4)nc3c12. The van der Waals surface area contributed by atoms with E-state index in [9.17, 15) is 4.39 Å². The highest BCUT2D eigenvalue weighted by Crippen LogP contribution is 2.30. The van der Waals surface area contributed by atoms with Crippen LogP contribution in [0.1, 0.15) is 11.3 Å². The third-order valence-corrected chi connectivity index (χ3v) is 4.95. The monoisotopic (exact) mass is 357 g/mol. The first-order valence-corrected chi connectivity index (χ1v) is 8.68. The summed E-state index contributed by atoms with van der Waals surface area (Å²) in [4.78, 5) is 9.40. The number of halogens is 1. The Hall–Kier alpha value is -3.54. The lowest BCUT2D eigenvalue weighted by Gasteiger charge is -2.07. The fourth-order valence-corrected chi connectivity index (χ4v) is 3.48. The van der Waals surface area contributed by atoms with Gasteiger partial charge in [-0.25, -0.2) is 18.9 Å². The second-order valence-corrected chi connectivity index (χ2v) is 6.54. The smallest absolute Gasteiger partial charge is 0.182 e. The first kappa shape index (κ1) is 15.7. The molecule has 0 unspecified atom stereocenters. The van der Waals surface area contributed by atoms with E-state index in [4.69, 9.17) is 4.98 Å². The maximum atomic E-state index is 13.3. The molecule has 27 heavy (non-hydrogen) atoms. The van der Waals surface area contributed by atoms with Gasteiger partial charge in [0.05, 0.1) is 5.39 Å². The molecule has 0 saturated carbocycles. The molecule has 5 rings (SSSR count). The summed E-state index contributed by atoms with van der Waals surface area (Å²) in [6.07, 6.45) is 1.68. The van der Waals surface area contributed by atoms with Crippen molar-refractivity contribution in [1.82, 2.24) is 24.1 Å². The van der Waals surface area contributed by atoms with Crippen LogP contribution in [0.2, 0.25) is 0 Å². The van der Waals surface area contributed by atoms with Crippen molar-refractivity contribution in [2.45, 2.75) is 13.8 Å². The van der Waals surface area contributed by atoms with Crippen molar-refractivity contribution in [1.29, 1.82) is 0 Å². The van der Waals surface area contributed by atoms with E-state index >= 15 is 0 Å². The van der Waals surface area contributed by atoms with Crippen molar-refractivity contribution < 1.29 is 4.39 Å². The Kier molecular flexibility index (Phi) is 3.33. The van der Waals surface area contributed by atoms with Gasteiger partial charge in [0.1, 0.15) is 12.1 Å². The van der Waals surface area contributed by atoms with Gasteiger partial charge in [0, 0.05) is 16.9 Å². The molecular formula is C21H16FN5. The van der Waals surface area contributed by atoms with Gasteiger partial charge in [0.25, 0.3) is 0 Å². The summed E-state index contributed by atoms with van der Waals surface area (Å²) < 4.78 is 17.1. The highest BCUT2D eigenvalue weighted by Gasteiger charge is 2.19. The summed E-state index contributed by atoms with van der Waals surface area (Å²) >= 11 is 0. The van der Waals surface area contributed by atoms with Crippen LogP contribution in [-0.4, -0.2) is 24.1 Å². The average molecular weight is 357 g/mol. The van der Waals surface area contributed by atoms with Crippen molar-refractivity contribution in [3.05, 3.63) is 78.0 Å². The lowest BCUT2D eigenvalue weighted by atomic mass is 10.2. The summed E-state index contributed by atoms with van der Waals surface area (Å²) in [5.41, 5.74) is 5.51. The van der Waals surface area contributed by atoms with Crippen molar-refractivity contribution in [2.24, 2.45) is 0 Å². The lowest BCUT2D eigenvalue weighted by molar-refractivity contribution is 0.627. The molecule has 3 aromatic heterocycles. The number of rotatable bonds is 2. The van der Waals surface area contributed by atoms with E-state index in [2.05, 4.69) is 17.0 Å². The maximum absolute atomic E-state index is 13.3. The molecule has 0 aliphatic carbocycles. The van der Waals surface area contributed by atoms with Crippen molar-refractivity contribution in [2.75, 3.05) is 0 Å². The van der Waals surface area contributed by atoms with E-state index in [1.165, 1.54) is 12.1 Å². The van der Waals surface area contributed by atoms with E-state index < -0.39 is 0 Å². The third-order valence-electron chi connectivity index (χ3n) is 4.95. The minimum absolute atomic E-state index is 0.259. The van der Waals surface area contributed by atoms with Gasteiger partial charge in [0.2, 0.25) is 0 Å². The van der Waals surface area contributed by atoms with Crippen LogP contribution in [0.25, 0.3) is 33.8 Å². The number of aromatic nitrogens is 5. The molecule has 5 nitrogen and oxygen atoms in total. The molecule has 0 radical (unpaired) electrons. The zero-order valence-electron chi connectivity index (χ0n) is 14.9. The van der Waals surface area contributed by atoms with E-state index in [0.717, 1.165) is 39.2 Å². The first-order valence-electron chi connectivity index (χ1n) is 8.68. The van der Waals surface area contributed by atoms with Crippen LogP contribution < -0.4 is 0 Å². The zero-order valence-corrected chi connectivity index (χ0v) is 14.9. The number of benzene rings is 2. The molecule has 0 bridgehead atoms. The molecule has 0 fully saturated rings. The Morgan fingerprint density at radius 3 is 2.37 bits per heavy atom. The number of nitrogens with zero attached hydrogens (tertiary/aromatic N) is 5. The fraction of sp³-hybridized carbons (Fsp3) is 0.0952. The predicted octanol–water partition coefficient (Wildman–Crippen LogP) is 4.49. The number of hydrogen-bond donors (Lipinski definition) is 0. The standard InChI is InChI=1S/C21H16FN5/c1-13-14(2)27(17-10-8-16(22)9-11-17)20-18(13)21-24-19(25-26(21)12-23-20)15-6-4-3-5-7-15/h3-12H,1-2H3. The second kappa shape index (κ2) is 5.74. The summed E-state index contributed by atoms with van der Waals surface area (Å²) in [6, 6.07) is 16.3. The van der Waals surface area contributed by atoms with E-state index in [1.807, 2.05) is 41.8 Å². The molecule has 0 N–H and O–H groups in total. The molecule has 0 atom stereocenters. The molecule has 3 heterocycles. The van der Waals surface area contributed by atoms with Crippen LogP contribution in [0, 0.1) is 19.7 Å². The fourth-order valence-electron chi connectivity index (χ4n) is 3.48. The first-order chi connectivity index (χ1) is 13.1. The average Bonchev–Trinajstić information content (AvgIpc) is 3.23. The highest BCUT2D eigenvalue weighted by molar-refractivity contribution is 5.95. The molecule has 0 saturated heterocycles. The Bertz CT molecular complexity index is 1280. The van der Waals surface area contributed by atoms with Crippen molar-refractivity contribution in [3.63, 3.8) is 0 Å². The van der Waals surface area contributed by atoms with Crippen molar-refractivity contribution >= 4 is 16.7 Å². The van der Waals surface area contributed by atoms with Crippen LogP contribution in [-0.2, 0) is 0 Å². The second-order valence-electron chi connectivity index (χ2n) is 6.54. The molecule has 0 amide bonds. The van der Waals surface area contributed by atoms with Gasteiger partial charge in [0.15, 0.2) is 17.1 Å². The Balaban J connectivity index is 1.80.